The molecule has 1 heterocycles. The maximum atomic E-state index is 11.5. The molecule has 0 aliphatic rings. The second-order valence-electron chi connectivity index (χ2n) is 5.84. The van der Waals surface area contributed by atoms with E-state index in [1.807, 2.05) is 13.8 Å². The number of nitrogens with zero attached hydrogens (tertiary/aromatic N) is 1. The van der Waals surface area contributed by atoms with E-state index in [0.717, 1.165) is 0 Å². The Labute approximate surface area is 150 Å². The summed E-state index contributed by atoms with van der Waals surface area (Å²) >= 11 is 6.10. The van der Waals surface area contributed by atoms with Crippen LogP contribution in [0, 0.1) is 10.1 Å². The van der Waals surface area contributed by atoms with Gasteiger partial charge in [-0.15, -0.1) is 0 Å². The molecular weight excluding hydrogens is 346 g/mol. The summed E-state index contributed by atoms with van der Waals surface area (Å²) in [6, 6.07) is 7.93. The van der Waals surface area contributed by atoms with Crippen LogP contribution >= 0.6 is 11.6 Å². The van der Waals surface area contributed by atoms with E-state index in [-0.39, 0.29) is 22.7 Å². The number of hydrogen-bond donors (Lipinski definition) is 2. The number of carbonyl (C=O) groups excluding carboxylic acids is 1. The van der Waals surface area contributed by atoms with Crippen LogP contribution in [0.4, 0.5) is 5.69 Å². The predicted octanol–water partition coefficient (Wildman–Crippen LogP) is 3.51. The Morgan fingerprint density at radius 3 is 2.72 bits per heavy atom. The minimum absolute atomic E-state index is 0.000274. The van der Waals surface area contributed by atoms with Gasteiger partial charge in [0, 0.05) is 36.7 Å². The number of amides is 1. The van der Waals surface area contributed by atoms with E-state index >= 15 is 0 Å². The zero-order chi connectivity index (χ0) is 18.4. The van der Waals surface area contributed by atoms with Gasteiger partial charge in [-0.3, -0.25) is 14.9 Å². The summed E-state index contributed by atoms with van der Waals surface area (Å²) in [5.74, 6) is 1.23. The molecule has 25 heavy (non-hydrogen) atoms. The number of nitrogens with one attached hydrogen (secondary N) is 2. The third-order valence-corrected chi connectivity index (χ3v) is 3.68. The van der Waals surface area contributed by atoms with E-state index in [0.29, 0.717) is 36.6 Å². The number of furan rings is 1. The summed E-state index contributed by atoms with van der Waals surface area (Å²) in [6.07, 6.45) is 0.389. The number of carbonyl (C=O) groups is 1. The van der Waals surface area contributed by atoms with E-state index in [1.54, 1.807) is 18.2 Å². The van der Waals surface area contributed by atoms with Crippen LogP contribution in [0.2, 0.25) is 5.02 Å². The molecule has 2 N–H and O–H groups in total. The average molecular weight is 366 g/mol. The summed E-state index contributed by atoms with van der Waals surface area (Å²) in [7, 11) is 0. The summed E-state index contributed by atoms with van der Waals surface area (Å²) in [4.78, 5) is 21.8. The van der Waals surface area contributed by atoms with Gasteiger partial charge in [0.05, 0.1) is 16.5 Å². The van der Waals surface area contributed by atoms with Crippen molar-refractivity contribution in [1.82, 2.24) is 10.6 Å². The lowest BCUT2D eigenvalue weighted by Crippen LogP contribution is -2.32. The molecular formula is C17H20ClN3O4. The third kappa shape index (κ3) is 5.58. The summed E-state index contributed by atoms with van der Waals surface area (Å²) in [5.41, 5.74) is 0.525. The van der Waals surface area contributed by atoms with Crippen molar-refractivity contribution in [3.63, 3.8) is 0 Å². The van der Waals surface area contributed by atoms with Crippen molar-refractivity contribution in [2.75, 3.05) is 6.54 Å². The highest BCUT2D eigenvalue weighted by Gasteiger charge is 2.13. The monoisotopic (exact) mass is 365 g/mol. The van der Waals surface area contributed by atoms with Gasteiger partial charge in [-0.05, 0) is 32.0 Å². The van der Waals surface area contributed by atoms with Crippen molar-refractivity contribution in [3.8, 4) is 11.3 Å². The SMILES string of the molecule is CC(C)NC(=O)CCNCc1ccc(-c2ccc([N+](=O)[O-])cc2Cl)o1. The number of halogens is 1. The molecule has 8 heteroatoms. The molecule has 0 radical (unpaired) electrons. The van der Waals surface area contributed by atoms with Gasteiger partial charge in [0.25, 0.3) is 5.69 Å². The number of benzene rings is 1. The Bertz CT molecular complexity index is 758. The Morgan fingerprint density at radius 1 is 1.32 bits per heavy atom. The highest BCUT2D eigenvalue weighted by Crippen LogP contribution is 2.32. The lowest BCUT2D eigenvalue weighted by molar-refractivity contribution is -0.384. The van der Waals surface area contributed by atoms with Crippen LogP contribution in [0.3, 0.4) is 0 Å². The molecule has 0 aliphatic heterocycles. The molecule has 0 saturated carbocycles. The standard InChI is InChI=1S/C17H20ClN3O4/c1-11(2)20-17(22)7-8-19-10-13-4-6-16(25-13)14-5-3-12(21(23)24)9-15(14)18/h3-6,9,11,19H,7-8,10H2,1-2H3,(H,20,22). The van der Waals surface area contributed by atoms with Crippen molar-refractivity contribution in [2.45, 2.75) is 32.9 Å². The van der Waals surface area contributed by atoms with Crippen molar-refractivity contribution in [2.24, 2.45) is 0 Å². The van der Waals surface area contributed by atoms with E-state index < -0.39 is 4.92 Å². The third-order valence-electron chi connectivity index (χ3n) is 3.37. The Kier molecular flexibility index (Phi) is 6.55. The minimum Gasteiger partial charge on any atom is -0.460 e. The first-order valence-corrected chi connectivity index (χ1v) is 8.27. The Hall–Kier alpha value is -2.38. The first-order valence-electron chi connectivity index (χ1n) is 7.90. The molecule has 0 fully saturated rings. The average Bonchev–Trinajstić information content (AvgIpc) is 2.99. The molecule has 134 valence electrons. The van der Waals surface area contributed by atoms with Gasteiger partial charge in [0.15, 0.2) is 0 Å². The number of hydrogen-bond acceptors (Lipinski definition) is 5. The van der Waals surface area contributed by atoms with Gasteiger partial charge in [0.1, 0.15) is 11.5 Å². The number of non-ortho nitro benzene ring substituents is 1. The molecule has 7 nitrogen and oxygen atoms in total. The van der Waals surface area contributed by atoms with Crippen molar-refractivity contribution in [1.29, 1.82) is 0 Å². The molecule has 1 amide bonds. The van der Waals surface area contributed by atoms with Gasteiger partial charge in [-0.1, -0.05) is 11.6 Å². The van der Waals surface area contributed by atoms with Crippen LogP contribution in [0.5, 0.6) is 0 Å². The zero-order valence-corrected chi connectivity index (χ0v) is 14.8. The van der Waals surface area contributed by atoms with Crippen molar-refractivity contribution in [3.05, 3.63) is 51.2 Å². The van der Waals surface area contributed by atoms with Gasteiger partial charge < -0.3 is 15.1 Å². The minimum atomic E-state index is -0.497. The normalized spacial score (nSPS) is 10.9. The lowest BCUT2D eigenvalue weighted by atomic mass is 10.1. The quantitative estimate of drug-likeness (QED) is 0.424. The predicted molar refractivity (Wildman–Crippen MR) is 95.4 cm³/mol. The highest BCUT2D eigenvalue weighted by molar-refractivity contribution is 6.33. The fourth-order valence-electron chi connectivity index (χ4n) is 2.24. The van der Waals surface area contributed by atoms with Crippen molar-refractivity contribution >= 4 is 23.2 Å². The first-order chi connectivity index (χ1) is 11.9. The lowest BCUT2D eigenvalue weighted by Gasteiger charge is -2.08. The molecule has 1 aromatic carbocycles. The van der Waals surface area contributed by atoms with Crippen LogP contribution in [-0.2, 0) is 11.3 Å². The fraction of sp³-hybridized carbons (Fsp3) is 0.353. The van der Waals surface area contributed by atoms with Crippen molar-refractivity contribution < 1.29 is 14.1 Å². The fourth-order valence-corrected chi connectivity index (χ4v) is 2.51. The van der Waals surface area contributed by atoms with Gasteiger partial charge >= 0.3 is 0 Å². The highest BCUT2D eigenvalue weighted by atomic mass is 35.5. The molecule has 1 aromatic heterocycles. The molecule has 2 rings (SSSR count). The summed E-state index contributed by atoms with van der Waals surface area (Å²) in [6.45, 7) is 4.84. The Morgan fingerprint density at radius 2 is 2.08 bits per heavy atom. The number of nitro groups is 1. The summed E-state index contributed by atoms with van der Waals surface area (Å²) < 4.78 is 5.71. The number of rotatable bonds is 8. The smallest absolute Gasteiger partial charge is 0.270 e. The zero-order valence-electron chi connectivity index (χ0n) is 14.0. The largest absolute Gasteiger partial charge is 0.460 e. The number of nitro benzene ring substituents is 1. The van der Waals surface area contributed by atoms with E-state index in [1.165, 1.54) is 12.1 Å². The molecule has 0 aliphatic carbocycles. The van der Waals surface area contributed by atoms with Gasteiger partial charge in [-0.25, -0.2) is 0 Å². The van der Waals surface area contributed by atoms with Gasteiger partial charge in [0.2, 0.25) is 5.91 Å². The Balaban J connectivity index is 1.90. The van der Waals surface area contributed by atoms with Crippen LogP contribution in [-0.4, -0.2) is 23.4 Å². The molecule has 0 unspecified atom stereocenters. The molecule has 0 bridgehead atoms. The van der Waals surface area contributed by atoms with E-state index in [4.69, 9.17) is 16.0 Å². The van der Waals surface area contributed by atoms with Crippen LogP contribution in [0.1, 0.15) is 26.0 Å². The van der Waals surface area contributed by atoms with Crippen LogP contribution < -0.4 is 10.6 Å². The van der Waals surface area contributed by atoms with Crippen LogP contribution in [0.15, 0.2) is 34.7 Å². The molecule has 0 saturated heterocycles. The second-order valence-corrected chi connectivity index (χ2v) is 6.24. The molecule has 2 aromatic rings. The van der Waals surface area contributed by atoms with E-state index in [9.17, 15) is 14.9 Å². The molecule has 0 spiro atoms. The molecule has 0 atom stereocenters. The summed E-state index contributed by atoms with van der Waals surface area (Å²) in [5, 5.41) is 17.0. The maximum Gasteiger partial charge on any atom is 0.270 e. The topological polar surface area (TPSA) is 97.4 Å². The van der Waals surface area contributed by atoms with Gasteiger partial charge in [-0.2, -0.15) is 0 Å². The first kappa shape index (κ1) is 19.0. The second kappa shape index (κ2) is 8.64. The maximum absolute atomic E-state index is 11.5. The van der Waals surface area contributed by atoms with E-state index in [2.05, 4.69) is 10.6 Å². The van der Waals surface area contributed by atoms with Crippen LogP contribution in [0.25, 0.3) is 11.3 Å².